The van der Waals surface area contributed by atoms with E-state index in [0.717, 1.165) is 11.3 Å². The molecule has 0 fully saturated rings. The van der Waals surface area contributed by atoms with E-state index >= 15 is 0 Å². The summed E-state index contributed by atoms with van der Waals surface area (Å²) in [5.74, 6) is 0. The van der Waals surface area contributed by atoms with Gasteiger partial charge in [0.2, 0.25) is 0 Å². The fraction of sp³-hybridized carbons (Fsp3) is 0.438. The van der Waals surface area contributed by atoms with Gasteiger partial charge in [-0.25, -0.2) is 0 Å². The smallest absolute Gasteiger partial charge is 0.0985 e. The van der Waals surface area contributed by atoms with Gasteiger partial charge in [-0.1, -0.05) is 45.0 Å². The average molecular weight is 258 g/mol. The van der Waals surface area contributed by atoms with Crippen molar-refractivity contribution in [3.05, 3.63) is 53.3 Å². The van der Waals surface area contributed by atoms with Crippen LogP contribution in [0.25, 0.3) is 0 Å². The summed E-state index contributed by atoms with van der Waals surface area (Å²) < 4.78 is 1.82. The van der Waals surface area contributed by atoms with E-state index in [1.807, 2.05) is 29.8 Å². The molecule has 0 aliphatic rings. The lowest BCUT2D eigenvalue weighted by Gasteiger charge is -2.20. The molecule has 102 valence electrons. The van der Waals surface area contributed by atoms with Gasteiger partial charge < -0.3 is 5.11 Å². The number of benzene rings is 1. The van der Waals surface area contributed by atoms with Crippen LogP contribution in [0.15, 0.2) is 36.5 Å². The fourth-order valence-electron chi connectivity index (χ4n) is 2.06. The maximum atomic E-state index is 10.2. The lowest BCUT2D eigenvalue weighted by Crippen LogP contribution is -2.13. The SMILES string of the molecule is Cc1ccnn1CC(O)c1ccc(C(C)(C)C)cc1. The first-order chi connectivity index (χ1) is 8.88. The largest absolute Gasteiger partial charge is 0.386 e. The van der Waals surface area contributed by atoms with Crippen LogP contribution in [0.1, 0.15) is 43.7 Å². The molecule has 1 N–H and O–H groups in total. The number of aryl methyl sites for hydroxylation is 1. The maximum Gasteiger partial charge on any atom is 0.0985 e. The van der Waals surface area contributed by atoms with Gasteiger partial charge in [0.1, 0.15) is 0 Å². The quantitative estimate of drug-likeness (QED) is 0.918. The van der Waals surface area contributed by atoms with Crippen LogP contribution in [-0.2, 0) is 12.0 Å². The van der Waals surface area contributed by atoms with Crippen molar-refractivity contribution in [2.75, 3.05) is 0 Å². The van der Waals surface area contributed by atoms with Gasteiger partial charge in [0, 0.05) is 11.9 Å². The lowest BCUT2D eigenvalue weighted by molar-refractivity contribution is 0.150. The van der Waals surface area contributed by atoms with Crippen molar-refractivity contribution in [2.45, 2.75) is 45.8 Å². The molecular weight excluding hydrogens is 236 g/mol. The van der Waals surface area contributed by atoms with Gasteiger partial charge in [-0.15, -0.1) is 0 Å². The molecule has 0 aliphatic heterocycles. The predicted molar refractivity (Wildman–Crippen MR) is 77.1 cm³/mol. The standard InChI is InChI=1S/C16H22N2O/c1-12-9-10-17-18(12)11-15(19)13-5-7-14(8-6-13)16(2,3)4/h5-10,15,19H,11H2,1-4H3. The summed E-state index contributed by atoms with van der Waals surface area (Å²) in [7, 11) is 0. The number of hydrogen-bond acceptors (Lipinski definition) is 2. The Bertz CT molecular complexity index is 535. The van der Waals surface area contributed by atoms with Crippen LogP contribution in [-0.4, -0.2) is 14.9 Å². The third-order valence-corrected chi connectivity index (χ3v) is 3.44. The van der Waals surface area contributed by atoms with Gasteiger partial charge in [0.05, 0.1) is 12.6 Å². The monoisotopic (exact) mass is 258 g/mol. The highest BCUT2D eigenvalue weighted by Gasteiger charge is 2.15. The minimum Gasteiger partial charge on any atom is -0.386 e. The third-order valence-electron chi connectivity index (χ3n) is 3.44. The molecule has 3 nitrogen and oxygen atoms in total. The molecule has 19 heavy (non-hydrogen) atoms. The van der Waals surface area contributed by atoms with E-state index in [1.165, 1.54) is 5.56 Å². The first-order valence-corrected chi connectivity index (χ1v) is 6.65. The Balaban J connectivity index is 2.12. The van der Waals surface area contributed by atoms with Crippen LogP contribution in [0.5, 0.6) is 0 Å². The van der Waals surface area contributed by atoms with Crippen molar-refractivity contribution in [1.82, 2.24) is 9.78 Å². The van der Waals surface area contributed by atoms with Crippen LogP contribution in [0.4, 0.5) is 0 Å². The second-order valence-corrected chi connectivity index (χ2v) is 6.04. The van der Waals surface area contributed by atoms with Gasteiger partial charge >= 0.3 is 0 Å². The van der Waals surface area contributed by atoms with Gasteiger partial charge in [-0.3, -0.25) is 4.68 Å². The minimum atomic E-state index is -0.521. The zero-order chi connectivity index (χ0) is 14.0. The first kappa shape index (κ1) is 13.8. The Morgan fingerprint density at radius 2 is 1.79 bits per heavy atom. The molecule has 1 heterocycles. The highest BCUT2D eigenvalue weighted by atomic mass is 16.3. The topological polar surface area (TPSA) is 38.0 Å². The Kier molecular flexibility index (Phi) is 3.76. The molecule has 0 aliphatic carbocycles. The normalized spacial score (nSPS) is 13.5. The summed E-state index contributed by atoms with van der Waals surface area (Å²) in [4.78, 5) is 0. The molecule has 3 heteroatoms. The van der Waals surface area contributed by atoms with Gasteiger partial charge in [-0.2, -0.15) is 5.10 Å². The van der Waals surface area contributed by atoms with Crippen LogP contribution in [0.2, 0.25) is 0 Å². The number of aliphatic hydroxyl groups excluding tert-OH is 1. The fourth-order valence-corrected chi connectivity index (χ4v) is 2.06. The summed E-state index contributed by atoms with van der Waals surface area (Å²) >= 11 is 0. The van der Waals surface area contributed by atoms with Crippen molar-refractivity contribution in [1.29, 1.82) is 0 Å². The second-order valence-electron chi connectivity index (χ2n) is 6.04. The van der Waals surface area contributed by atoms with Crippen LogP contribution in [0.3, 0.4) is 0 Å². The van der Waals surface area contributed by atoms with Crippen molar-refractivity contribution in [2.24, 2.45) is 0 Å². The summed E-state index contributed by atoms with van der Waals surface area (Å²) in [5.41, 5.74) is 3.41. The molecule has 1 aromatic carbocycles. The van der Waals surface area contributed by atoms with E-state index in [4.69, 9.17) is 0 Å². The maximum absolute atomic E-state index is 10.2. The number of aromatic nitrogens is 2. The highest BCUT2D eigenvalue weighted by Crippen LogP contribution is 2.24. The Hall–Kier alpha value is -1.61. The average Bonchev–Trinajstić information content (AvgIpc) is 2.74. The number of nitrogens with zero attached hydrogens (tertiary/aromatic N) is 2. The van der Waals surface area contributed by atoms with Crippen LogP contribution in [0, 0.1) is 6.92 Å². The van der Waals surface area contributed by atoms with E-state index in [-0.39, 0.29) is 5.41 Å². The Morgan fingerprint density at radius 1 is 1.16 bits per heavy atom. The summed E-state index contributed by atoms with van der Waals surface area (Å²) in [6, 6.07) is 10.1. The molecular formula is C16H22N2O. The van der Waals surface area contributed by atoms with E-state index in [1.54, 1.807) is 6.20 Å². The van der Waals surface area contributed by atoms with Crippen molar-refractivity contribution < 1.29 is 5.11 Å². The molecule has 1 atom stereocenters. The van der Waals surface area contributed by atoms with E-state index in [9.17, 15) is 5.11 Å². The van der Waals surface area contributed by atoms with E-state index < -0.39 is 6.10 Å². The molecule has 1 unspecified atom stereocenters. The van der Waals surface area contributed by atoms with Crippen molar-refractivity contribution >= 4 is 0 Å². The van der Waals surface area contributed by atoms with Gasteiger partial charge in [0.15, 0.2) is 0 Å². The van der Waals surface area contributed by atoms with E-state index in [2.05, 4.69) is 38.0 Å². The molecule has 1 aromatic heterocycles. The molecule has 0 saturated heterocycles. The number of rotatable bonds is 3. The number of hydrogen-bond donors (Lipinski definition) is 1. The van der Waals surface area contributed by atoms with Crippen molar-refractivity contribution in [3.63, 3.8) is 0 Å². The van der Waals surface area contributed by atoms with Crippen LogP contribution < -0.4 is 0 Å². The molecule has 0 radical (unpaired) electrons. The van der Waals surface area contributed by atoms with Crippen LogP contribution >= 0.6 is 0 Å². The van der Waals surface area contributed by atoms with Gasteiger partial charge in [-0.05, 0) is 29.5 Å². The Morgan fingerprint density at radius 3 is 2.26 bits per heavy atom. The molecule has 0 bridgehead atoms. The van der Waals surface area contributed by atoms with E-state index in [0.29, 0.717) is 6.54 Å². The zero-order valence-electron chi connectivity index (χ0n) is 12.1. The molecule has 0 spiro atoms. The summed E-state index contributed by atoms with van der Waals surface area (Å²) in [6.45, 7) is 9.04. The predicted octanol–water partition coefficient (Wildman–Crippen LogP) is 3.22. The van der Waals surface area contributed by atoms with Crippen molar-refractivity contribution in [3.8, 4) is 0 Å². The molecule has 2 rings (SSSR count). The highest BCUT2D eigenvalue weighted by molar-refractivity contribution is 5.28. The first-order valence-electron chi connectivity index (χ1n) is 6.65. The third kappa shape index (κ3) is 3.24. The molecule has 0 saturated carbocycles. The Labute approximate surface area is 114 Å². The lowest BCUT2D eigenvalue weighted by atomic mass is 9.86. The summed E-state index contributed by atoms with van der Waals surface area (Å²) in [5, 5.41) is 14.4. The summed E-state index contributed by atoms with van der Waals surface area (Å²) in [6.07, 6.45) is 1.23. The second kappa shape index (κ2) is 5.17. The zero-order valence-corrected chi connectivity index (χ0v) is 12.1. The van der Waals surface area contributed by atoms with Gasteiger partial charge in [0.25, 0.3) is 0 Å². The molecule has 0 amide bonds. The molecule has 2 aromatic rings. The minimum absolute atomic E-state index is 0.141. The number of aliphatic hydroxyl groups is 1.